The van der Waals surface area contributed by atoms with Crippen LogP contribution in [0.3, 0.4) is 0 Å². The molecule has 3 saturated carbocycles. The van der Waals surface area contributed by atoms with Gasteiger partial charge in [0.2, 0.25) is 0 Å². The summed E-state index contributed by atoms with van der Waals surface area (Å²) in [5.74, 6) is 4.68. The molecule has 0 amide bonds. The SMILES string of the molecule is CC[C@H](C)[B][C@@H]1C[C@@H]2C[C@H]([C@H]1C)C2(C)C. The van der Waals surface area contributed by atoms with E-state index in [1.54, 1.807) is 0 Å². The van der Waals surface area contributed by atoms with Gasteiger partial charge in [-0.15, -0.1) is 0 Å². The fraction of sp³-hybridized carbons (Fsp3) is 1.00. The van der Waals surface area contributed by atoms with Crippen LogP contribution in [-0.4, -0.2) is 7.28 Å². The van der Waals surface area contributed by atoms with Crippen molar-refractivity contribution >= 4 is 7.28 Å². The molecule has 0 heterocycles. The van der Waals surface area contributed by atoms with Gasteiger partial charge in [0.1, 0.15) is 7.28 Å². The molecule has 3 rings (SSSR count). The molecule has 3 aliphatic rings. The Labute approximate surface area is 96.5 Å². The molecular weight excluding hydrogens is 179 g/mol. The average molecular weight is 205 g/mol. The van der Waals surface area contributed by atoms with E-state index in [1.807, 2.05) is 0 Å². The first kappa shape index (κ1) is 11.5. The van der Waals surface area contributed by atoms with E-state index in [-0.39, 0.29) is 0 Å². The minimum absolute atomic E-state index is 0.652. The van der Waals surface area contributed by atoms with Crippen LogP contribution in [-0.2, 0) is 0 Å². The molecule has 0 N–H and O–H groups in total. The molecule has 0 aromatic carbocycles. The highest BCUT2D eigenvalue weighted by molar-refractivity contribution is 6.39. The van der Waals surface area contributed by atoms with Crippen molar-refractivity contribution in [2.45, 2.75) is 65.5 Å². The predicted molar refractivity (Wildman–Crippen MR) is 68.4 cm³/mol. The lowest BCUT2D eigenvalue weighted by Gasteiger charge is -2.62. The van der Waals surface area contributed by atoms with Gasteiger partial charge in [-0.05, 0) is 29.6 Å². The van der Waals surface area contributed by atoms with Crippen molar-refractivity contribution < 1.29 is 0 Å². The minimum Gasteiger partial charge on any atom is -0.0716 e. The van der Waals surface area contributed by atoms with Gasteiger partial charge in [0.05, 0.1) is 0 Å². The van der Waals surface area contributed by atoms with E-state index >= 15 is 0 Å². The fourth-order valence-electron chi connectivity index (χ4n) is 4.00. The lowest BCUT2D eigenvalue weighted by Crippen LogP contribution is -2.54. The van der Waals surface area contributed by atoms with Crippen LogP contribution >= 0.6 is 0 Å². The third-order valence-corrected chi connectivity index (χ3v) is 5.63. The maximum atomic E-state index is 2.65. The first-order chi connectivity index (χ1) is 6.96. The zero-order chi connectivity index (χ0) is 11.2. The molecule has 85 valence electrons. The van der Waals surface area contributed by atoms with Gasteiger partial charge in [-0.2, -0.15) is 0 Å². The fourth-order valence-corrected chi connectivity index (χ4v) is 4.00. The van der Waals surface area contributed by atoms with Gasteiger partial charge in [-0.1, -0.05) is 59.1 Å². The molecule has 0 aromatic heterocycles. The van der Waals surface area contributed by atoms with Gasteiger partial charge in [0.15, 0.2) is 0 Å². The van der Waals surface area contributed by atoms with Gasteiger partial charge in [-0.3, -0.25) is 0 Å². The van der Waals surface area contributed by atoms with E-state index in [9.17, 15) is 0 Å². The van der Waals surface area contributed by atoms with Crippen LogP contribution in [0, 0.1) is 23.2 Å². The van der Waals surface area contributed by atoms with E-state index in [1.165, 1.54) is 19.3 Å². The quantitative estimate of drug-likeness (QED) is 0.599. The van der Waals surface area contributed by atoms with Crippen LogP contribution in [0.2, 0.25) is 11.6 Å². The van der Waals surface area contributed by atoms with E-state index in [0.717, 1.165) is 29.4 Å². The first-order valence-corrected chi connectivity index (χ1v) is 6.81. The number of rotatable bonds is 3. The summed E-state index contributed by atoms with van der Waals surface area (Å²) >= 11 is 0. The molecule has 3 aliphatic carbocycles. The Morgan fingerprint density at radius 1 is 1.33 bits per heavy atom. The second kappa shape index (κ2) is 3.82. The third-order valence-electron chi connectivity index (χ3n) is 5.63. The molecule has 1 heteroatoms. The zero-order valence-corrected chi connectivity index (χ0v) is 11.1. The van der Waals surface area contributed by atoms with E-state index in [2.05, 4.69) is 41.9 Å². The third kappa shape index (κ3) is 1.76. The summed E-state index contributed by atoms with van der Waals surface area (Å²) in [4.78, 5) is 0. The maximum absolute atomic E-state index is 2.65. The van der Waals surface area contributed by atoms with Crippen molar-refractivity contribution in [3.05, 3.63) is 0 Å². The molecule has 0 spiro atoms. The topological polar surface area (TPSA) is 0 Å². The first-order valence-electron chi connectivity index (χ1n) is 6.81. The summed E-state index contributed by atoms with van der Waals surface area (Å²) in [7, 11) is 2.65. The summed E-state index contributed by atoms with van der Waals surface area (Å²) in [5, 5.41) is 0. The molecule has 0 aliphatic heterocycles. The Hall–Kier alpha value is 0.0649. The molecule has 0 unspecified atom stereocenters. The van der Waals surface area contributed by atoms with Crippen LogP contribution in [0.1, 0.15) is 53.9 Å². The number of fused-ring (bicyclic) bond motifs is 2. The summed E-state index contributed by atoms with van der Waals surface area (Å²) < 4.78 is 0. The van der Waals surface area contributed by atoms with Crippen LogP contribution in [0.4, 0.5) is 0 Å². The van der Waals surface area contributed by atoms with E-state index in [0.29, 0.717) is 5.41 Å². The smallest absolute Gasteiger partial charge is 0.0716 e. The van der Waals surface area contributed by atoms with Gasteiger partial charge >= 0.3 is 0 Å². The molecule has 1 radical (unpaired) electrons. The second-order valence-electron chi connectivity index (χ2n) is 6.70. The van der Waals surface area contributed by atoms with Crippen LogP contribution in [0.15, 0.2) is 0 Å². The molecule has 3 fully saturated rings. The summed E-state index contributed by atoms with van der Waals surface area (Å²) in [6.45, 7) is 12.1. The number of hydrogen-bond donors (Lipinski definition) is 0. The Balaban J connectivity index is 1.96. The Bertz CT molecular complexity index is 233. The lowest BCUT2D eigenvalue weighted by molar-refractivity contribution is -0.0987. The highest BCUT2D eigenvalue weighted by Gasteiger charge is 2.55. The van der Waals surface area contributed by atoms with Crippen molar-refractivity contribution in [2.75, 3.05) is 0 Å². The highest BCUT2D eigenvalue weighted by atomic mass is 14.6. The standard InChI is InChI=1S/C14H26B/c1-6-9(2)15-13-8-11-7-12(10(13)3)14(11,4)5/h9-13H,6-8H2,1-5H3/t9-,10+,11-,12+,13+/m0/s1. The highest BCUT2D eigenvalue weighted by Crippen LogP contribution is 2.64. The largest absolute Gasteiger partial charge is 0.117 e. The van der Waals surface area contributed by atoms with Crippen molar-refractivity contribution in [1.82, 2.24) is 0 Å². The summed E-state index contributed by atoms with van der Waals surface area (Å²) in [5.41, 5.74) is 0.652. The van der Waals surface area contributed by atoms with Crippen LogP contribution in [0.25, 0.3) is 0 Å². The van der Waals surface area contributed by atoms with E-state index in [4.69, 9.17) is 0 Å². The molecule has 15 heavy (non-hydrogen) atoms. The van der Waals surface area contributed by atoms with Gasteiger partial charge < -0.3 is 0 Å². The zero-order valence-electron chi connectivity index (χ0n) is 11.1. The summed E-state index contributed by atoms with van der Waals surface area (Å²) in [6.07, 6.45) is 4.29. The molecule has 0 nitrogen and oxygen atoms in total. The van der Waals surface area contributed by atoms with Crippen molar-refractivity contribution in [3.63, 3.8) is 0 Å². The van der Waals surface area contributed by atoms with Crippen molar-refractivity contribution in [1.29, 1.82) is 0 Å². The van der Waals surface area contributed by atoms with Crippen molar-refractivity contribution in [3.8, 4) is 0 Å². The van der Waals surface area contributed by atoms with Crippen LogP contribution in [0.5, 0.6) is 0 Å². The second-order valence-corrected chi connectivity index (χ2v) is 6.70. The average Bonchev–Trinajstić information content (AvgIpc) is 2.19. The molecular formula is C14H26B. The van der Waals surface area contributed by atoms with Gasteiger partial charge in [-0.25, -0.2) is 0 Å². The predicted octanol–water partition coefficient (Wildman–Crippen LogP) is 4.40. The lowest BCUT2D eigenvalue weighted by atomic mass is 9.36. The number of hydrogen-bond acceptors (Lipinski definition) is 0. The summed E-state index contributed by atoms with van der Waals surface area (Å²) in [6, 6.07) is 0. The van der Waals surface area contributed by atoms with Gasteiger partial charge in [0, 0.05) is 0 Å². The van der Waals surface area contributed by atoms with Crippen molar-refractivity contribution in [2.24, 2.45) is 23.2 Å². The molecule has 5 atom stereocenters. The van der Waals surface area contributed by atoms with Crippen LogP contribution < -0.4 is 0 Å². The minimum atomic E-state index is 0.652. The Morgan fingerprint density at radius 3 is 2.47 bits per heavy atom. The van der Waals surface area contributed by atoms with E-state index < -0.39 is 0 Å². The normalized spacial score (nSPS) is 44.3. The Morgan fingerprint density at radius 2 is 2.00 bits per heavy atom. The molecule has 0 saturated heterocycles. The monoisotopic (exact) mass is 205 g/mol. The van der Waals surface area contributed by atoms with Gasteiger partial charge in [0.25, 0.3) is 0 Å². The maximum Gasteiger partial charge on any atom is 0.117 e. The Kier molecular flexibility index (Phi) is 2.94. The molecule has 2 bridgehead atoms. The molecule has 0 aromatic rings.